The number of nitrogens with zero attached hydrogens (tertiary/aromatic N) is 1. The van der Waals surface area contributed by atoms with Crippen LogP contribution in [0, 0.1) is 0 Å². The first-order valence-electron chi connectivity index (χ1n) is 6.02. The number of amides is 1. The summed E-state index contributed by atoms with van der Waals surface area (Å²) in [5.74, 6) is 1.04. The molecule has 104 valence electrons. The van der Waals surface area contributed by atoms with Crippen LogP contribution in [-0.2, 0) is 0 Å². The van der Waals surface area contributed by atoms with Gasteiger partial charge < -0.3 is 15.4 Å². The Labute approximate surface area is 126 Å². The zero-order chi connectivity index (χ0) is 14.7. The van der Waals surface area contributed by atoms with Gasteiger partial charge in [-0.25, -0.2) is 0 Å². The molecular formula is C15H15BrN2O2. The number of nitrogen functional groups attached to an aromatic ring is 1. The summed E-state index contributed by atoms with van der Waals surface area (Å²) in [6.45, 7) is 0. The normalized spacial score (nSPS) is 10.2. The first-order valence-corrected chi connectivity index (χ1v) is 6.81. The number of rotatable bonds is 3. The molecule has 0 saturated carbocycles. The Morgan fingerprint density at radius 2 is 1.80 bits per heavy atom. The molecule has 0 bridgehead atoms. The summed E-state index contributed by atoms with van der Waals surface area (Å²) in [5.41, 5.74) is 6.91. The molecule has 2 rings (SSSR count). The van der Waals surface area contributed by atoms with Crippen molar-refractivity contribution in [3.8, 4) is 11.5 Å². The Bertz CT molecular complexity index is 624. The molecule has 5 heteroatoms. The van der Waals surface area contributed by atoms with E-state index >= 15 is 0 Å². The molecule has 0 radical (unpaired) electrons. The van der Waals surface area contributed by atoms with Crippen molar-refractivity contribution in [2.75, 3.05) is 19.8 Å². The topological polar surface area (TPSA) is 55.6 Å². The fourth-order valence-electron chi connectivity index (χ4n) is 1.64. The minimum Gasteiger partial charge on any atom is -0.455 e. The second-order valence-corrected chi connectivity index (χ2v) is 5.42. The van der Waals surface area contributed by atoms with E-state index in [1.54, 1.807) is 32.3 Å². The van der Waals surface area contributed by atoms with Crippen LogP contribution >= 0.6 is 15.9 Å². The Morgan fingerprint density at radius 1 is 1.15 bits per heavy atom. The van der Waals surface area contributed by atoms with Gasteiger partial charge in [0.15, 0.2) is 5.75 Å². The lowest BCUT2D eigenvalue weighted by Gasteiger charge is -2.13. The van der Waals surface area contributed by atoms with Gasteiger partial charge in [0.2, 0.25) is 0 Å². The molecule has 4 nitrogen and oxygen atoms in total. The van der Waals surface area contributed by atoms with Gasteiger partial charge in [-0.2, -0.15) is 0 Å². The van der Waals surface area contributed by atoms with Crippen molar-refractivity contribution in [3.63, 3.8) is 0 Å². The van der Waals surface area contributed by atoms with Gasteiger partial charge in [-0.3, -0.25) is 4.79 Å². The highest BCUT2D eigenvalue weighted by molar-refractivity contribution is 9.10. The van der Waals surface area contributed by atoms with Crippen LogP contribution in [-0.4, -0.2) is 24.9 Å². The molecule has 2 aromatic rings. The summed E-state index contributed by atoms with van der Waals surface area (Å²) >= 11 is 3.36. The lowest BCUT2D eigenvalue weighted by molar-refractivity contribution is 0.0827. The lowest BCUT2D eigenvalue weighted by atomic mass is 10.1. The van der Waals surface area contributed by atoms with E-state index in [1.165, 1.54) is 4.90 Å². The first kappa shape index (κ1) is 14.4. The molecule has 1 amide bonds. The van der Waals surface area contributed by atoms with Crippen LogP contribution in [0.5, 0.6) is 11.5 Å². The van der Waals surface area contributed by atoms with Crippen molar-refractivity contribution < 1.29 is 9.53 Å². The standard InChI is InChI=1S/C15H15BrN2O2/c1-18(2)15(19)10-3-8-13(17)14(9-10)20-12-6-4-11(16)5-7-12/h3-9H,17H2,1-2H3. The van der Waals surface area contributed by atoms with Gasteiger partial charge in [0.05, 0.1) is 5.69 Å². The fraction of sp³-hybridized carbons (Fsp3) is 0.133. The summed E-state index contributed by atoms with van der Waals surface area (Å²) in [6, 6.07) is 12.4. The lowest BCUT2D eigenvalue weighted by Crippen LogP contribution is -2.21. The summed E-state index contributed by atoms with van der Waals surface area (Å²) in [7, 11) is 3.40. The van der Waals surface area contributed by atoms with Gasteiger partial charge in [-0.05, 0) is 42.5 Å². The monoisotopic (exact) mass is 334 g/mol. The summed E-state index contributed by atoms with van der Waals surface area (Å²) in [5, 5.41) is 0. The van der Waals surface area contributed by atoms with Gasteiger partial charge in [0, 0.05) is 24.1 Å². The molecule has 0 fully saturated rings. The van der Waals surface area contributed by atoms with Crippen molar-refractivity contribution >= 4 is 27.5 Å². The summed E-state index contributed by atoms with van der Waals surface area (Å²) < 4.78 is 6.69. The largest absolute Gasteiger partial charge is 0.455 e. The minimum atomic E-state index is -0.0920. The zero-order valence-corrected chi connectivity index (χ0v) is 12.8. The third-order valence-corrected chi connectivity index (χ3v) is 3.24. The predicted molar refractivity (Wildman–Crippen MR) is 83.1 cm³/mol. The van der Waals surface area contributed by atoms with Gasteiger partial charge in [0.25, 0.3) is 5.91 Å². The summed E-state index contributed by atoms with van der Waals surface area (Å²) in [6.07, 6.45) is 0. The van der Waals surface area contributed by atoms with Crippen molar-refractivity contribution in [2.24, 2.45) is 0 Å². The number of hydrogen-bond acceptors (Lipinski definition) is 3. The Kier molecular flexibility index (Phi) is 4.29. The number of carbonyl (C=O) groups is 1. The van der Waals surface area contributed by atoms with E-state index in [2.05, 4.69) is 15.9 Å². The number of halogens is 1. The molecule has 0 aromatic heterocycles. The smallest absolute Gasteiger partial charge is 0.253 e. The number of benzene rings is 2. The van der Waals surface area contributed by atoms with Gasteiger partial charge in [-0.15, -0.1) is 0 Å². The Morgan fingerprint density at radius 3 is 2.40 bits per heavy atom. The van der Waals surface area contributed by atoms with E-state index in [0.717, 1.165) is 4.47 Å². The van der Waals surface area contributed by atoms with Crippen LogP contribution in [0.15, 0.2) is 46.9 Å². The quantitative estimate of drug-likeness (QED) is 0.873. The number of carbonyl (C=O) groups excluding carboxylic acids is 1. The van der Waals surface area contributed by atoms with Crippen molar-refractivity contribution in [1.82, 2.24) is 4.90 Å². The van der Waals surface area contributed by atoms with Gasteiger partial charge in [-0.1, -0.05) is 15.9 Å². The van der Waals surface area contributed by atoms with E-state index in [-0.39, 0.29) is 5.91 Å². The van der Waals surface area contributed by atoms with Crippen molar-refractivity contribution in [3.05, 3.63) is 52.5 Å². The Hall–Kier alpha value is -2.01. The molecule has 0 aliphatic rings. The third kappa shape index (κ3) is 3.30. The molecule has 2 N–H and O–H groups in total. The van der Waals surface area contributed by atoms with E-state index in [1.807, 2.05) is 24.3 Å². The number of nitrogens with two attached hydrogens (primary N) is 1. The minimum absolute atomic E-state index is 0.0920. The van der Waals surface area contributed by atoms with Gasteiger partial charge in [0.1, 0.15) is 5.75 Å². The maximum atomic E-state index is 11.9. The van der Waals surface area contributed by atoms with Crippen LogP contribution in [0.25, 0.3) is 0 Å². The molecule has 0 atom stereocenters. The van der Waals surface area contributed by atoms with E-state index in [0.29, 0.717) is 22.7 Å². The molecule has 2 aromatic carbocycles. The molecule has 0 aliphatic carbocycles. The van der Waals surface area contributed by atoms with Gasteiger partial charge >= 0.3 is 0 Å². The van der Waals surface area contributed by atoms with Crippen LogP contribution in [0.3, 0.4) is 0 Å². The highest BCUT2D eigenvalue weighted by Crippen LogP contribution is 2.29. The summed E-state index contributed by atoms with van der Waals surface area (Å²) in [4.78, 5) is 13.4. The van der Waals surface area contributed by atoms with Crippen LogP contribution in [0.2, 0.25) is 0 Å². The molecule has 0 saturated heterocycles. The van der Waals surface area contributed by atoms with Crippen LogP contribution < -0.4 is 10.5 Å². The average molecular weight is 335 g/mol. The molecule has 0 heterocycles. The second kappa shape index (κ2) is 5.96. The van der Waals surface area contributed by atoms with E-state index in [9.17, 15) is 4.79 Å². The number of anilines is 1. The fourth-order valence-corrected chi connectivity index (χ4v) is 1.91. The number of hydrogen-bond donors (Lipinski definition) is 1. The second-order valence-electron chi connectivity index (χ2n) is 4.51. The predicted octanol–water partition coefficient (Wildman–Crippen LogP) is 3.53. The van der Waals surface area contributed by atoms with Crippen molar-refractivity contribution in [2.45, 2.75) is 0 Å². The maximum Gasteiger partial charge on any atom is 0.253 e. The molecule has 0 spiro atoms. The van der Waals surface area contributed by atoms with Crippen LogP contribution in [0.4, 0.5) is 5.69 Å². The molecule has 0 aliphatic heterocycles. The highest BCUT2D eigenvalue weighted by Gasteiger charge is 2.11. The van der Waals surface area contributed by atoms with E-state index in [4.69, 9.17) is 10.5 Å². The van der Waals surface area contributed by atoms with Crippen LogP contribution in [0.1, 0.15) is 10.4 Å². The molecular weight excluding hydrogens is 320 g/mol. The third-order valence-electron chi connectivity index (χ3n) is 2.71. The number of ether oxygens (including phenoxy) is 1. The average Bonchev–Trinajstić information content (AvgIpc) is 2.43. The first-order chi connectivity index (χ1) is 9.47. The Balaban J connectivity index is 2.29. The molecule has 20 heavy (non-hydrogen) atoms. The SMILES string of the molecule is CN(C)C(=O)c1ccc(N)c(Oc2ccc(Br)cc2)c1. The maximum absolute atomic E-state index is 11.9. The molecule has 0 unspecified atom stereocenters. The highest BCUT2D eigenvalue weighted by atomic mass is 79.9. The van der Waals surface area contributed by atoms with E-state index < -0.39 is 0 Å². The van der Waals surface area contributed by atoms with Crippen molar-refractivity contribution in [1.29, 1.82) is 0 Å². The zero-order valence-electron chi connectivity index (χ0n) is 11.3.